The summed E-state index contributed by atoms with van der Waals surface area (Å²) in [6.45, 7) is 8.75. The zero-order chi connectivity index (χ0) is 17.4. The summed E-state index contributed by atoms with van der Waals surface area (Å²) < 4.78 is 2.16. The first-order chi connectivity index (χ1) is 12.1. The molecular weight excluding hydrogens is 308 g/mol. The number of benzene rings is 1. The van der Waals surface area contributed by atoms with E-state index in [1.54, 1.807) is 0 Å². The van der Waals surface area contributed by atoms with Gasteiger partial charge in [0.05, 0.1) is 6.54 Å². The number of rotatable bonds is 5. The average Bonchev–Trinajstić information content (AvgIpc) is 3.13. The topological polar surface area (TPSA) is 33.1 Å². The zero-order valence-corrected chi connectivity index (χ0v) is 15.8. The second-order valence-electron chi connectivity index (χ2n) is 8.12. The third-order valence-electron chi connectivity index (χ3n) is 6.33. The molecule has 0 radical (unpaired) electrons. The molecule has 134 valence electrons. The quantitative estimate of drug-likeness (QED) is 0.909. The number of imidazole rings is 1. The monoisotopic (exact) mass is 338 g/mol. The minimum absolute atomic E-state index is 0.550. The van der Waals surface area contributed by atoms with Crippen molar-refractivity contribution >= 4 is 0 Å². The van der Waals surface area contributed by atoms with Gasteiger partial charge in [-0.25, -0.2) is 4.98 Å². The Labute approximate surface area is 151 Å². The van der Waals surface area contributed by atoms with E-state index < -0.39 is 0 Å². The van der Waals surface area contributed by atoms with Gasteiger partial charge in [-0.1, -0.05) is 23.8 Å². The minimum Gasteiger partial charge on any atom is -0.337 e. The largest absolute Gasteiger partial charge is 0.337 e. The van der Waals surface area contributed by atoms with Crippen LogP contribution in [0.2, 0.25) is 0 Å². The van der Waals surface area contributed by atoms with E-state index in [0.717, 1.165) is 13.1 Å². The first-order valence-corrected chi connectivity index (χ1v) is 9.54. The zero-order valence-electron chi connectivity index (χ0n) is 15.8. The molecule has 1 unspecified atom stereocenters. The molecule has 0 bridgehead atoms. The van der Waals surface area contributed by atoms with Crippen molar-refractivity contribution in [2.75, 3.05) is 13.1 Å². The summed E-state index contributed by atoms with van der Waals surface area (Å²) in [6.07, 6.45) is 7.96. The summed E-state index contributed by atoms with van der Waals surface area (Å²) in [5, 5.41) is 3.53. The van der Waals surface area contributed by atoms with Crippen molar-refractivity contribution in [2.24, 2.45) is 12.5 Å². The summed E-state index contributed by atoms with van der Waals surface area (Å²) in [4.78, 5) is 7.28. The third kappa shape index (κ3) is 3.38. The lowest BCUT2D eigenvalue weighted by Gasteiger charge is -2.30. The summed E-state index contributed by atoms with van der Waals surface area (Å²) in [5.74, 6) is 1.17. The number of nitrogens with zero attached hydrogens (tertiary/aromatic N) is 3. The van der Waals surface area contributed by atoms with Crippen molar-refractivity contribution in [1.82, 2.24) is 19.8 Å². The highest BCUT2D eigenvalue weighted by Crippen LogP contribution is 2.56. The van der Waals surface area contributed by atoms with Crippen LogP contribution in [0.1, 0.15) is 41.8 Å². The Morgan fingerprint density at radius 3 is 2.76 bits per heavy atom. The molecule has 1 saturated carbocycles. The van der Waals surface area contributed by atoms with Gasteiger partial charge in [-0.3, -0.25) is 4.90 Å². The van der Waals surface area contributed by atoms with Crippen LogP contribution >= 0.6 is 0 Å². The molecule has 1 atom stereocenters. The van der Waals surface area contributed by atoms with Crippen LogP contribution in [0.15, 0.2) is 30.6 Å². The van der Waals surface area contributed by atoms with Crippen molar-refractivity contribution in [3.63, 3.8) is 0 Å². The molecule has 1 aliphatic heterocycles. The molecule has 1 N–H and O–H groups in total. The average molecular weight is 338 g/mol. The number of piperidine rings is 1. The van der Waals surface area contributed by atoms with Gasteiger partial charge in [0.1, 0.15) is 5.82 Å². The van der Waals surface area contributed by atoms with Gasteiger partial charge in [-0.15, -0.1) is 0 Å². The smallest absolute Gasteiger partial charge is 0.122 e. The molecule has 1 aromatic heterocycles. The molecule has 2 heterocycles. The maximum Gasteiger partial charge on any atom is 0.122 e. The van der Waals surface area contributed by atoms with Crippen molar-refractivity contribution < 1.29 is 0 Å². The number of aromatic nitrogens is 2. The fourth-order valence-corrected chi connectivity index (χ4v) is 4.50. The molecule has 25 heavy (non-hydrogen) atoms. The molecular formula is C21H30N4. The van der Waals surface area contributed by atoms with Gasteiger partial charge in [0.25, 0.3) is 0 Å². The Hall–Kier alpha value is -1.65. The van der Waals surface area contributed by atoms with Crippen molar-refractivity contribution in [3.8, 4) is 0 Å². The summed E-state index contributed by atoms with van der Waals surface area (Å²) in [5.41, 5.74) is 4.76. The molecule has 0 amide bonds. The number of hydrogen-bond acceptors (Lipinski definition) is 3. The van der Waals surface area contributed by atoms with Gasteiger partial charge < -0.3 is 9.88 Å². The van der Waals surface area contributed by atoms with Crippen molar-refractivity contribution in [2.45, 2.75) is 52.2 Å². The lowest BCUT2D eigenvalue weighted by Crippen LogP contribution is -2.36. The SMILES string of the molecule is Cc1ccc(C)c(CN(Cc2nccn2C)C2CC23CCNCC3)c1. The Kier molecular flexibility index (Phi) is 4.42. The second-order valence-corrected chi connectivity index (χ2v) is 8.12. The predicted molar refractivity (Wildman–Crippen MR) is 101 cm³/mol. The van der Waals surface area contributed by atoms with Gasteiger partial charge in [-0.2, -0.15) is 0 Å². The van der Waals surface area contributed by atoms with Crippen molar-refractivity contribution in [1.29, 1.82) is 0 Å². The highest BCUT2D eigenvalue weighted by molar-refractivity contribution is 5.31. The van der Waals surface area contributed by atoms with E-state index in [4.69, 9.17) is 0 Å². The highest BCUT2D eigenvalue weighted by atomic mass is 15.2. The first-order valence-electron chi connectivity index (χ1n) is 9.54. The Balaban J connectivity index is 1.58. The van der Waals surface area contributed by atoms with Gasteiger partial charge in [0.15, 0.2) is 0 Å². The molecule has 2 aliphatic rings. The molecule has 2 aromatic rings. The Bertz CT molecular complexity index is 742. The van der Waals surface area contributed by atoms with Crippen LogP contribution in [0, 0.1) is 19.3 Å². The van der Waals surface area contributed by atoms with Crippen LogP contribution in [0.25, 0.3) is 0 Å². The molecule has 4 heteroatoms. The van der Waals surface area contributed by atoms with E-state index in [1.807, 2.05) is 6.20 Å². The molecule has 4 nitrogen and oxygen atoms in total. The van der Waals surface area contributed by atoms with Gasteiger partial charge >= 0.3 is 0 Å². The summed E-state index contributed by atoms with van der Waals surface area (Å²) in [7, 11) is 2.10. The van der Waals surface area contributed by atoms with E-state index in [-0.39, 0.29) is 0 Å². The van der Waals surface area contributed by atoms with E-state index >= 15 is 0 Å². The van der Waals surface area contributed by atoms with Gasteiger partial charge in [-0.05, 0) is 62.7 Å². The van der Waals surface area contributed by atoms with Crippen LogP contribution in [-0.4, -0.2) is 33.6 Å². The maximum absolute atomic E-state index is 4.59. The van der Waals surface area contributed by atoms with Crippen LogP contribution in [0.4, 0.5) is 0 Å². The normalized spacial score (nSPS) is 21.8. The standard InChI is InChI=1S/C21H30N4/c1-16-4-5-17(2)18(12-16)14-25(15-20-23-10-11-24(20)3)19-13-21(19)6-8-22-9-7-21/h4-5,10-12,19,22H,6-9,13-15H2,1-3H3. The lowest BCUT2D eigenvalue weighted by atomic mass is 9.93. The minimum atomic E-state index is 0.550. The summed E-state index contributed by atoms with van der Waals surface area (Å²) in [6, 6.07) is 7.54. The van der Waals surface area contributed by atoms with E-state index in [2.05, 4.69) is 65.1 Å². The highest BCUT2D eigenvalue weighted by Gasteiger charge is 2.56. The number of nitrogens with one attached hydrogen (secondary N) is 1. The number of hydrogen-bond donors (Lipinski definition) is 1. The molecule has 1 aromatic carbocycles. The Morgan fingerprint density at radius 2 is 2.04 bits per heavy atom. The fourth-order valence-electron chi connectivity index (χ4n) is 4.50. The second kappa shape index (κ2) is 6.58. The Morgan fingerprint density at radius 1 is 1.24 bits per heavy atom. The van der Waals surface area contributed by atoms with Crippen LogP contribution in [0.5, 0.6) is 0 Å². The predicted octanol–water partition coefficient (Wildman–Crippen LogP) is 3.18. The van der Waals surface area contributed by atoms with Gasteiger partial charge in [0.2, 0.25) is 0 Å². The fraction of sp³-hybridized carbons (Fsp3) is 0.571. The van der Waals surface area contributed by atoms with E-state index in [9.17, 15) is 0 Å². The van der Waals surface area contributed by atoms with E-state index in [1.165, 1.54) is 54.9 Å². The molecule has 1 saturated heterocycles. The summed E-state index contributed by atoms with van der Waals surface area (Å²) >= 11 is 0. The molecule has 2 fully saturated rings. The van der Waals surface area contributed by atoms with Crippen molar-refractivity contribution in [3.05, 3.63) is 53.1 Å². The molecule has 1 aliphatic carbocycles. The molecule has 1 spiro atoms. The molecule has 4 rings (SSSR count). The van der Waals surface area contributed by atoms with E-state index in [0.29, 0.717) is 11.5 Å². The van der Waals surface area contributed by atoms with Crippen LogP contribution < -0.4 is 5.32 Å². The van der Waals surface area contributed by atoms with Crippen LogP contribution in [-0.2, 0) is 20.1 Å². The lowest BCUT2D eigenvalue weighted by molar-refractivity contribution is 0.182. The third-order valence-corrected chi connectivity index (χ3v) is 6.33. The van der Waals surface area contributed by atoms with Gasteiger partial charge in [0, 0.05) is 32.0 Å². The number of aryl methyl sites for hydroxylation is 3. The first kappa shape index (κ1) is 16.8. The maximum atomic E-state index is 4.59. The van der Waals surface area contributed by atoms with Crippen LogP contribution in [0.3, 0.4) is 0 Å².